The first-order chi connectivity index (χ1) is 14.7. The number of nitrogens with zero attached hydrogens (tertiary/aromatic N) is 1. The summed E-state index contributed by atoms with van der Waals surface area (Å²) in [5, 5.41) is 0. The van der Waals surface area contributed by atoms with Gasteiger partial charge in [0.1, 0.15) is 5.75 Å². The summed E-state index contributed by atoms with van der Waals surface area (Å²) in [5.74, 6) is 0.769. The van der Waals surface area contributed by atoms with Gasteiger partial charge in [-0.25, -0.2) is 0 Å². The number of benzene rings is 3. The van der Waals surface area contributed by atoms with E-state index in [4.69, 9.17) is 4.74 Å². The van der Waals surface area contributed by atoms with E-state index in [1.807, 2.05) is 48.5 Å². The Labute approximate surface area is 178 Å². The van der Waals surface area contributed by atoms with Crippen LogP contribution >= 0.6 is 0 Å². The Hall–Kier alpha value is -3.33. The third-order valence-corrected chi connectivity index (χ3v) is 5.56. The summed E-state index contributed by atoms with van der Waals surface area (Å²) in [6, 6.07) is 24.1. The van der Waals surface area contributed by atoms with Crippen molar-refractivity contribution in [2.45, 2.75) is 32.6 Å². The molecule has 0 spiro atoms. The van der Waals surface area contributed by atoms with Crippen molar-refractivity contribution in [3.8, 4) is 5.75 Å². The van der Waals surface area contributed by atoms with Gasteiger partial charge in [0, 0.05) is 16.8 Å². The van der Waals surface area contributed by atoms with E-state index in [1.165, 1.54) is 24.8 Å². The van der Waals surface area contributed by atoms with Crippen molar-refractivity contribution in [1.82, 2.24) is 0 Å². The molecule has 0 saturated heterocycles. The number of aryl methyl sites for hydroxylation is 1. The third kappa shape index (κ3) is 4.02. The van der Waals surface area contributed by atoms with Gasteiger partial charge in [0.25, 0.3) is 5.91 Å². The first kappa shape index (κ1) is 20.0. The molecule has 3 aromatic carbocycles. The van der Waals surface area contributed by atoms with E-state index in [0.717, 1.165) is 40.2 Å². The Morgan fingerprint density at radius 2 is 1.57 bits per heavy atom. The van der Waals surface area contributed by atoms with Crippen LogP contribution in [-0.4, -0.2) is 13.0 Å². The molecule has 1 heterocycles. The van der Waals surface area contributed by atoms with E-state index in [-0.39, 0.29) is 5.91 Å². The quantitative estimate of drug-likeness (QED) is 0.421. The average molecular weight is 398 g/mol. The second-order valence-corrected chi connectivity index (χ2v) is 7.61. The number of anilines is 1. The number of carbonyl (C=O) groups excluding carboxylic acids is 1. The molecule has 152 valence electrons. The van der Waals surface area contributed by atoms with Crippen LogP contribution in [-0.2, 0) is 6.42 Å². The van der Waals surface area contributed by atoms with Crippen LogP contribution in [0.3, 0.4) is 0 Å². The minimum absolute atomic E-state index is 0.00166. The molecule has 0 aromatic heterocycles. The van der Waals surface area contributed by atoms with Gasteiger partial charge >= 0.3 is 0 Å². The first-order valence-electron chi connectivity index (χ1n) is 10.6. The number of carbonyl (C=O) groups is 1. The molecule has 0 aliphatic carbocycles. The van der Waals surface area contributed by atoms with E-state index in [2.05, 4.69) is 37.3 Å². The Bertz CT molecular complexity index is 1050. The summed E-state index contributed by atoms with van der Waals surface area (Å²) in [6.45, 7) is 2.23. The van der Waals surface area contributed by atoms with Gasteiger partial charge in [0.05, 0.1) is 12.8 Å². The Kier molecular flexibility index (Phi) is 5.99. The summed E-state index contributed by atoms with van der Waals surface area (Å²) in [6.07, 6.45) is 6.94. The minimum atomic E-state index is -0.00166. The van der Waals surface area contributed by atoms with Gasteiger partial charge in [0.2, 0.25) is 0 Å². The van der Waals surface area contributed by atoms with Crippen molar-refractivity contribution >= 4 is 23.4 Å². The molecule has 1 amide bonds. The first-order valence-corrected chi connectivity index (χ1v) is 10.6. The molecule has 1 aliphatic heterocycles. The number of fused-ring (bicyclic) bond motifs is 1. The zero-order valence-corrected chi connectivity index (χ0v) is 17.6. The van der Waals surface area contributed by atoms with Gasteiger partial charge in [-0.1, -0.05) is 62.2 Å². The van der Waals surface area contributed by atoms with Crippen LogP contribution in [0.5, 0.6) is 5.75 Å². The molecule has 30 heavy (non-hydrogen) atoms. The highest BCUT2D eigenvalue weighted by atomic mass is 16.5. The molecule has 3 heteroatoms. The average Bonchev–Trinajstić information content (AvgIpc) is 3.07. The summed E-state index contributed by atoms with van der Waals surface area (Å²) in [5.41, 5.74) is 5.88. The largest absolute Gasteiger partial charge is 0.497 e. The number of amides is 1. The van der Waals surface area contributed by atoms with E-state index in [1.54, 1.807) is 12.0 Å². The second kappa shape index (κ2) is 9.00. The molecular formula is C27H27NO2. The molecule has 4 rings (SSSR count). The molecule has 0 bridgehead atoms. The maximum absolute atomic E-state index is 13.2. The Morgan fingerprint density at radius 3 is 2.23 bits per heavy atom. The van der Waals surface area contributed by atoms with E-state index in [0.29, 0.717) is 0 Å². The number of ether oxygens (including phenoxy) is 1. The van der Waals surface area contributed by atoms with Crippen LogP contribution in [0.2, 0.25) is 0 Å². The number of methoxy groups -OCH3 is 1. The van der Waals surface area contributed by atoms with Crippen LogP contribution < -0.4 is 9.64 Å². The van der Waals surface area contributed by atoms with Crippen LogP contribution in [0.15, 0.2) is 72.8 Å². The molecule has 0 N–H and O–H groups in total. The van der Waals surface area contributed by atoms with Gasteiger partial charge in [-0.05, 0) is 60.4 Å². The lowest BCUT2D eigenvalue weighted by Crippen LogP contribution is -2.22. The van der Waals surface area contributed by atoms with E-state index >= 15 is 0 Å². The zero-order chi connectivity index (χ0) is 20.9. The third-order valence-electron chi connectivity index (χ3n) is 5.56. The molecule has 1 aliphatic rings. The van der Waals surface area contributed by atoms with Crippen molar-refractivity contribution in [2.75, 3.05) is 12.0 Å². The molecular weight excluding hydrogens is 370 g/mol. The van der Waals surface area contributed by atoms with Crippen molar-refractivity contribution in [3.05, 3.63) is 95.1 Å². The topological polar surface area (TPSA) is 29.5 Å². The monoisotopic (exact) mass is 397 g/mol. The van der Waals surface area contributed by atoms with Gasteiger partial charge in [-0.3, -0.25) is 9.69 Å². The fourth-order valence-corrected chi connectivity index (χ4v) is 3.89. The second-order valence-electron chi connectivity index (χ2n) is 7.61. The van der Waals surface area contributed by atoms with Gasteiger partial charge in [-0.15, -0.1) is 0 Å². The minimum Gasteiger partial charge on any atom is -0.497 e. The number of rotatable bonds is 7. The van der Waals surface area contributed by atoms with Crippen LogP contribution in [0, 0.1) is 0 Å². The van der Waals surface area contributed by atoms with Gasteiger partial charge < -0.3 is 4.74 Å². The Balaban J connectivity index is 1.69. The SMILES string of the molecule is CCCCCc1ccc(/C=C2/c3ccccc3C(=O)N2c2ccc(OC)cc2)cc1. The normalized spacial score (nSPS) is 14.3. The number of hydrogen-bond acceptors (Lipinski definition) is 2. The van der Waals surface area contributed by atoms with Gasteiger partial charge in [0.15, 0.2) is 0 Å². The van der Waals surface area contributed by atoms with Crippen molar-refractivity contribution in [1.29, 1.82) is 0 Å². The van der Waals surface area contributed by atoms with Crippen molar-refractivity contribution < 1.29 is 9.53 Å². The lowest BCUT2D eigenvalue weighted by atomic mass is 10.0. The summed E-state index contributed by atoms with van der Waals surface area (Å²) >= 11 is 0. The zero-order valence-electron chi connectivity index (χ0n) is 17.6. The van der Waals surface area contributed by atoms with E-state index < -0.39 is 0 Å². The lowest BCUT2D eigenvalue weighted by molar-refractivity contribution is 0.101. The summed E-state index contributed by atoms with van der Waals surface area (Å²) < 4.78 is 5.27. The maximum Gasteiger partial charge on any atom is 0.263 e. The van der Waals surface area contributed by atoms with Crippen LogP contribution in [0.4, 0.5) is 5.69 Å². The standard InChI is InChI=1S/C27H27NO2/c1-3-4-5-8-20-11-13-21(14-12-20)19-26-24-9-6-7-10-25(24)27(29)28(26)22-15-17-23(30-2)18-16-22/h6-7,9-19H,3-5,8H2,1-2H3/b26-19-. The fraction of sp³-hybridized carbons (Fsp3) is 0.222. The highest BCUT2D eigenvalue weighted by molar-refractivity contribution is 6.24. The molecule has 0 atom stereocenters. The molecule has 0 unspecified atom stereocenters. The highest BCUT2D eigenvalue weighted by Crippen LogP contribution is 2.38. The fourth-order valence-electron chi connectivity index (χ4n) is 3.89. The maximum atomic E-state index is 13.2. The molecule has 0 saturated carbocycles. The molecule has 0 radical (unpaired) electrons. The lowest BCUT2D eigenvalue weighted by Gasteiger charge is -2.19. The van der Waals surface area contributed by atoms with Crippen LogP contribution in [0.25, 0.3) is 11.8 Å². The molecule has 0 fully saturated rings. The Morgan fingerprint density at radius 1 is 0.867 bits per heavy atom. The molecule has 3 aromatic rings. The van der Waals surface area contributed by atoms with Crippen LogP contribution in [0.1, 0.15) is 53.2 Å². The summed E-state index contributed by atoms with van der Waals surface area (Å²) in [7, 11) is 1.64. The number of hydrogen-bond donors (Lipinski definition) is 0. The highest BCUT2D eigenvalue weighted by Gasteiger charge is 2.33. The van der Waals surface area contributed by atoms with E-state index in [9.17, 15) is 4.79 Å². The predicted molar refractivity (Wildman–Crippen MR) is 124 cm³/mol. The summed E-state index contributed by atoms with van der Waals surface area (Å²) in [4.78, 5) is 15.0. The number of unbranched alkanes of at least 4 members (excludes halogenated alkanes) is 2. The van der Waals surface area contributed by atoms with Crippen molar-refractivity contribution in [3.63, 3.8) is 0 Å². The molecule has 3 nitrogen and oxygen atoms in total. The smallest absolute Gasteiger partial charge is 0.263 e. The van der Waals surface area contributed by atoms with Crippen molar-refractivity contribution in [2.24, 2.45) is 0 Å². The van der Waals surface area contributed by atoms with Gasteiger partial charge in [-0.2, -0.15) is 0 Å². The predicted octanol–water partition coefficient (Wildman–Crippen LogP) is 6.59.